The molecule has 126 valence electrons. The summed E-state index contributed by atoms with van der Waals surface area (Å²) in [4.78, 5) is 27.7. The summed E-state index contributed by atoms with van der Waals surface area (Å²) in [7, 11) is 0. The molecule has 0 aliphatic rings. The lowest BCUT2D eigenvalue weighted by Crippen LogP contribution is -2.34. The van der Waals surface area contributed by atoms with Crippen LogP contribution in [-0.2, 0) is 16.1 Å². The van der Waals surface area contributed by atoms with E-state index in [0.717, 1.165) is 11.1 Å². The van der Waals surface area contributed by atoms with Crippen molar-refractivity contribution < 1.29 is 14.0 Å². The van der Waals surface area contributed by atoms with Gasteiger partial charge in [0.2, 0.25) is 11.8 Å². The molecule has 0 saturated carbocycles. The Morgan fingerprint density at radius 2 is 1.88 bits per heavy atom. The minimum Gasteiger partial charge on any atom is -0.421 e. The van der Waals surface area contributed by atoms with Gasteiger partial charge in [0.25, 0.3) is 0 Å². The van der Waals surface area contributed by atoms with Crippen molar-refractivity contribution in [3.8, 4) is 11.5 Å². The Hall–Kier alpha value is -3.55. The van der Waals surface area contributed by atoms with E-state index >= 15 is 0 Å². The number of rotatable bonds is 4. The second-order valence-electron chi connectivity index (χ2n) is 5.20. The van der Waals surface area contributed by atoms with Gasteiger partial charge < -0.3 is 15.1 Å². The largest absolute Gasteiger partial charge is 0.421 e. The fourth-order valence-corrected chi connectivity index (χ4v) is 2.06. The van der Waals surface area contributed by atoms with Crippen LogP contribution in [-0.4, -0.2) is 27.0 Å². The standard InChI is InChI=1S/C17H15N5O3/c1-11-21-22-17(25-11)13-4-6-14(7-5-13)20-16(24)15(23)19-10-12-3-2-8-18-9-12/h2-9H,10H2,1H3,(H,19,23)(H,20,24). The molecule has 2 N–H and O–H groups in total. The summed E-state index contributed by atoms with van der Waals surface area (Å²) in [6.07, 6.45) is 3.26. The van der Waals surface area contributed by atoms with Gasteiger partial charge in [0.1, 0.15) is 0 Å². The van der Waals surface area contributed by atoms with Crippen molar-refractivity contribution in [2.75, 3.05) is 5.32 Å². The van der Waals surface area contributed by atoms with Crippen molar-refractivity contribution in [2.45, 2.75) is 13.5 Å². The third-order valence-electron chi connectivity index (χ3n) is 3.30. The van der Waals surface area contributed by atoms with Gasteiger partial charge in [-0.15, -0.1) is 10.2 Å². The van der Waals surface area contributed by atoms with Gasteiger partial charge >= 0.3 is 11.8 Å². The highest BCUT2D eigenvalue weighted by atomic mass is 16.4. The van der Waals surface area contributed by atoms with Gasteiger partial charge in [-0.2, -0.15) is 0 Å². The Labute approximate surface area is 143 Å². The highest BCUT2D eigenvalue weighted by Gasteiger charge is 2.14. The second-order valence-corrected chi connectivity index (χ2v) is 5.20. The molecular formula is C17H15N5O3. The molecule has 0 radical (unpaired) electrons. The van der Waals surface area contributed by atoms with E-state index in [4.69, 9.17) is 4.42 Å². The van der Waals surface area contributed by atoms with Crippen molar-refractivity contribution in [3.63, 3.8) is 0 Å². The molecule has 0 atom stereocenters. The zero-order valence-electron chi connectivity index (χ0n) is 13.4. The summed E-state index contributed by atoms with van der Waals surface area (Å²) < 4.78 is 5.32. The predicted molar refractivity (Wildman–Crippen MR) is 89.2 cm³/mol. The third-order valence-corrected chi connectivity index (χ3v) is 3.30. The number of nitrogens with one attached hydrogen (secondary N) is 2. The SMILES string of the molecule is Cc1nnc(-c2ccc(NC(=O)C(=O)NCc3cccnc3)cc2)o1. The molecule has 8 heteroatoms. The van der Waals surface area contributed by atoms with Gasteiger partial charge in [0.15, 0.2) is 0 Å². The molecule has 0 aliphatic carbocycles. The van der Waals surface area contributed by atoms with E-state index in [2.05, 4.69) is 25.8 Å². The maximum absolute atomic E-state index is 11.9. The Balaban J connectivity index is 1.56. The number of hydrogen-bond donors (Lipinski definition) is 2. The number of pyridine rings is 1. The maximum Gasteiger partial charge on any atom is 0.313 e. The van der Waals surface area contributed by atoms with E-state index in [-0.39, 0.29) is 6.54 Å². The Bertz CT molecular complexity index is 875. The minimum absolute atomic E-state index is 0.232. The van der Waals surface area contributed by atoms with E-state index < -0.39 is 11.8 Å². The number of aromatic nitrogens is 3. The Morgan fingerprint density at radius 1 is 1.08 bits per heavy atom. The molecule has 2 aromatic heterocycles. The molecule has 0 saturated heterocycles. The van der Waals surface area contributed by atoms with E-state index in [1.807, 2.05) is 6.07 Å². The first kappa shape index (κ1) is 16.3. The van der Waals surface area contributed by atoms with Crippen LogP contribution in [0.15, 0.2) is 53.2 Å². The fraction of sp³-hybridized carbons (Fsp3) is 0.118. The number of hydrogen-bond acceptors (Lipinski definition) is 6. The molecule has 0 fully saturated rings. The molecule has 8 nitrogen and oxygen atoms in total. The number of benzene rings is 1. The van der Waals surface area contributed by atoms with Crippen LogP contribution in [0, 0.1) is 6.92 Å². The van der Waals surface area contributed by atoms with Crippen molar-refractivity contribution in [2.24, 2.45) is 0 Å². The molecule has 3 rings (SSSR count). The van der Waals surface area contributed by atoms with Crippen LogP contribution < -0.4 is 10.6 Å². The number of carbonyl (C=O) groups excluding carboxylic acids is 2. The summed E-state index contributed by atoms with van der Waals surface area (Å²) in [5.74, 6) is -0.604. The number of anilines is 1. The lowest BCUT2D eigenvalue weighted by atomic mass is 10.2. The summed E-state index contributed by atoms with van der Waals surface area (Å²) in [6, 6.07) is 10.3. The molecule has 0 unspecified atom stereocenters. The molecule has 2 heterocycles. The quantitative estimate of drug-likeness (QED) is 0.701. The number of aryl methyl sites for hydroxylation is 1. The van der Waals surface area contributed by atoms with Gasteiger partial charge in [0, 0.05) is 37.1 Å². The van der Waals surface area contributed by atoms with E-state index in [1.54, 1.807) is 49.6 Å². The highest BCUT2D eigenvalue weighted by molar-refractivity contribution is 6.39. The fourth-order valence-electron chi connectivity index (χ4n) is 2.06. The zero-order chi connectivity index (χ0) is 17.6. The number of nitrogens with zero attached hydrogens (tertiary/aromatic N) is 3. The zero-order valence-corrected chi connectivity index (χ0v) is 13.4. The van der Waals surface area contributed by atoms with E-state index in [1.165, 1.54) is 0 Å². The molecule has 25 heavy (non-hydrogen) atoms. The van der Waals surface area contributed by atoms with E-state index in [9.17, 15) is 9.59 Å². The second kappa shape index (κ2) is 7.35. The average Bonchev–Trinajstić information content (AvgIpc) is 3.07. The van der Waals surface area contributed by atoms with Crippen molar-refractivity contribution in [1.29, 1.82) is 0 Å². The average molecular weight is 337 g/mol. The Kier molecular flexibility index (Phi) is 4.79. The van der Waals surface area contributed by atoms with Gasteiger partial charge in [-0.1, -0.05) is 6.07 Å². The van der Waals surface area contributed by atoms with Crippen LogP contribution in [0.1, 0.15) is 11.5 Å². The van der Waals surface area contributed by atoms with Crippen LogP contribution >= 0.6 is 0 Å². The number of carbonyl (C=O) groups is 2. The monoisotopic (exact) mass is 337 g/mol. The minimum atomic E-state index is -0.745. The first-order valence-corrected chi connectivity index (χ1v) is 7.50. The number of amides is 2. The van der Waals surface area contributed by atoms with Crippen LogP contribution in [0.3, 0.4) is 0 Å². The predicted octanol–water partition coefficient (Wildman–Crippen LogP) is 1.69. The van der Waals surface area contributed by atoms with Crippen LogP contribution in [0.5, 0.6) is 0 Å². The van der Waals surface area contributed by atoms with Crippen molar-refractivity contribution in [1.82, 2.24) is 20.5 Å². The molecule has 3 aromatic rings. The smallest absolute Gasteiger partial charge is 0.313 e. The molecule has 0 aliphatic heterocycles. The normalized spacial score (nSPS) is 10.3. The summed E-state index contributed by atoms with van der Waals surface area (Å²) in [5, 5.41) is 12.7. The van der Waals surface area contributed by atoms with Crippen molar-refractivity contribution in [3.05, 3.63) is 60.2 Å². The summed E-state index contributed by atoms with van der Waals surface area (Å²) in [5.41, 5.74) is 2.02. The highest BCUT2D eigenvalue weighted by Crippen LogP contribution is 2.19. The molecule has 0 bridgehead atoms. The van der Waals surface area contributed by atoms with E-state index in [0.29, 0.717) is 17.5 Å². The lowest BCUT2D eigenvalue weighted by molar-refractivity contribution is -0.136. The Morgan fingerprint density at radius 3 is 2.52 bits per heavy atom. The van der Waals surface area contributed by atoms with Gasteiger partial charge in [-0.25, -0.2) is 0 Å². The van der Waals surface area contributed by atoms with Crippen LogP contribution in [0.4, 0.5) is 5.69 Å². The third kappa shape index (κ3) is 4.25. The first-order valence-electron chi connectivity index (χ1n) is 7.50. The van der Waals surface area contributed by atoms with Gasteiger partial charge in [-0.3, -0.25) is 14.6 Å². The molecule has 2 amide bonds. The summed E-state index contributed by atoms with van der Waals surface area (Å²) >= 11 is 0. The lowest BCUT2D eigenvalue weighted by Gasteiger charge is -2.07. The molecule has 1 aromatic carbocycles. The van der Waals surface area contributed by atoms with Gasteiger partial charge in [0.05, 0.1) is 0 Å². The molecular weight excluding hydrogens is 322 g/mol. The first-order chi connectivity index (χ1) is 12.1. The summed E-state index contributed by atoms with van der Waals surface area (Å²) in [6.45, 7) is 1.94. The van der Waals surface area contributed by atoms with Crippen molar-refractivity contribution >= 4 is 17.5 Å². The van der Waals surface area contributed by atoms with Crippen LogP contribution in [0.2, 0.25) is 0 Å². The topological polar surface area (TPSA) is 110 Å². The van der Waals surface area contributed by atoms with Gasteiger partial charge in [-0.05, 0) is 35.9 Å². The molecule has 0 spiro atoms. The maximum atomic E-state index is 11.9. The van der Waals surface area contributed by atoms with Crippen LogP contribution in [0.25, 0.3) is 11.5 Å².